The van der Waals surface area contributed by atoms with E-state index in [1.54, 1.807) is 12.1 Å². The molecule has 1 aromatic rings. The van der Waals surface area contributed by atoms with Gasteiger partial charge in [-0.15, -0.1) is 0 Å². The van der Waals surface area contributed by atoms with Crippen LogP contribution in [0.1, 0.15) is 18.4 Å². The van der Waals surface area contributed by atoms with Crippen LogP contribution in [-0.2, 0) is 11.2 Å². The molecule has 0 aliphatic heterocycles. The number of carbonyl (C=O) groups excluding carboxylic acids is 1. The number of carbonyl (C=O) groups is 1. The van der Waals surface area contributed by atoms with Crippen LogP contribution >= 0.6 is 0 Å². The number of ether oxygens (including phenoxy) is 1. The number of rotatable bonds is 6. The lowest BCUT2D eigenvalue weighted by atomic mass is 9.98. The normalized spacial score (nSPS) is 15.9. The molecule has 0 aromatic heterocycles. The van der Waals surface area contributed by atoms with Gasteiger partial charge in [0.15, 0.2) is 11.5 Å². The second-order valence-electron chi connectivity index (χ2n) is 4.93. The Morgan fingerprint density at radius 1 is 1.58 bits per heavy atom. The molecule has 1 aromatic carbocycles. The number of phenols is 1. The van der Waals surface area contributed by atoms with E-state index >= 15 is 0 Å². The Hall–Kier alpha value is -1.75. The van der Waals surface area contributed by atoms with Crippen LogP contribution in [-0.4, -0.2) is 30.7 Å². The van der Waals surface area contributed by atoms with Gasteiger partial charge in [-0.05, 0) is 37.0 Å². The molecule has 1 saturated carbocycles. The minimum absolute atomic E-state index is 0.000285. The first-order valence-corrected chi connectivity index (χ1v) is 6.50. The van der Waals surface area contributed by atoms with Crippen molar-refractivity contribution in [2.24, 2.45) is 11.7 Å². The molecule has 1 atom stereocenters. The van der Waals surface area contributed by atoms with Gasteiger partial charge in [0.1, 0.15) is 0 Å². The largest absolute Gasteiger partial charge is 0.504 e. The Kier molecular flexibility index (Phi) is 4.27. The van der Waals surface area contributed by atoms with Crippen molar-refractivity contribution in [1.82, 2.24) is 5.32 Å². The first-order valence-electron chi connectivity index (χ1n) is 6.50. The third-order valence-corrected chi connectivity index (χ3v) is 3.30. The van der Waals surface area contributed by atoms with Crippen LogP contribution in [0.4, 0.5) is 0 Å². The average molecular weight is 264 g/mol. The summed E-state index contributed by atoms with van der Waals surface area (Å²) in [6.45, 7) is 0.297. The molecular weight excluding hydrogens is 244 g/mol. The predicted molar refractivity (Wildman–Crippen MR) is 72.1 cm³/mol. The van der Waals surface area contributed by atoms with Crippen molar-refractivity contribution < 1.29 is 14.6 Å². The highest BCUT2D eigenvalue weighted by Gasteiger charge is 2.27. The maximum absolute atomic E-state index is 12.0. The third-order valence-electron chi connectivity index (χ3n) is 3.30. The second kappa shape index (κ2) is 5.93. The molecule has 1 unspecified atom stereocenters. The van der Waals surface area contributed by atoms with Crippen LogP contribution in [0.2, 0.25) is 0 Å². The summed E-state index contributed by atoms with van der Waals surface area (Å²) in [5, 5.41) is 12.7. The lowest BCUT2D eigenvalue weighted by Gasteiger charge is -2.15. The molecule has 104 valence electrons. The highest BCUT2D eigenvalue weighted by atomic mass is 16.5. The van der Waals surface area contributed by atoms with Crippen molar-refractivity contribution in [3.05, 3.63) is 23.8 Å². The zero-order valence-electron chi connectivity index (χ0n) is 11.1. The van der Waals surface area contributed by atoms with Crippen LogP contribution in [0.3, 0.4) is 0 Å². The molecule has 1 aliphatic rings. The highest BCUT2D eigenvalue weighted by Crippen LogP contribution is 2.27. The summed E-state index contributed by atoms with van der Waals surface area (Å²) in [5.41, 5.74) is 6.54. The number of hydrogen-bond acceptors (Lipinski definition) is 4. The summed E-state index contributed by atoms with van der Waals surface area (Å²) in [6.07, 6.45) is 2.64. The zero-order valence-corrected chi connectivity index (χ0v) is 11.1. The van der Waals surface area contributed by atoms with E-state index < -0.39 is 0 Å². The summed E-state index contributed by atoms with van der Waals surface area (Å²) in [6, 6.07) is 5.49. The van der Waals surface area contributed by atoms with Crippen LogP contribution in [0.25, 0.3) is 0 Å². The molecule has 0 spiro atoms. The predicted octanol–water partition coefficient (Wildman–Crippen LogP) is 0.797. The van der Waals surface area contributed by atoms with Crippen LogP contribution in [0, 0.1) is 5.92 Å². The van der Waals surface area contributed by atoms with E-state index in [2.05, 4.69) is 5.32 Å². The van der Waals surface area contributed by atoms with Crippen LogP contribution < -0.4 is 15.8 Å². The fourth-order valence-electron chi connectivity index (χ4n) is 1.98. The van der Waals surface area contributed by atoms with Gasteiger partial charge in [0.05, 0.1) is 13.0 Å². The molecule has 5 nitrogen and oxygen atoms in total. The lowest BCUT2D eigenvalue weighted by molar-refractivity contribution is -0.124. The summed E-state index contributed by atoms with van der Waals surface area (Å²) in [5.74, 6) is 0.252. The summed E-state index contributed by atoms with van der Waals surface area (Å²) in [4.78, 5) is 12.0. The second-order valence-corrected chi connectivity index (χ2v) is 4.93. The molecule has 2 rings (SSSR count). The van der Waals surface area contributed by atoms with E-state index in [1.165, 1.54) is 7.11 Å². The van der Waals surface area contributed by atoms with Crippen molar-refractivity contribution in [2.75, 3.05) is 13.7 Å². The fraction of sp³-hybridized carbons (Fsp3) is 0.500. The van der Waals surface area contributed by atoms with E-state index in [-0.39, 0.29) is 17.6 Å². The number of amides is 1. The summed E-state index contributed by atoms with van der Waals surface area (Å²) < 4.78 is 4.99. The van der Waals surface area contributed by atoms with E-state index in [1.807, 2.05) is 6.07 Å². The topological polar surface area (TPSA) is 84.6 Å². The molecule has 1 fully saturated rings. The zero-order chi connectivity index (χ0) is 13.8. The van der Waals surface area contributed by atoms with Crippen LogP contribution in [0.5, 0.6) is 11.5 Å². The molecule has 1 amide bonds. The molecular formula is C14H20N2O3. The number of phenolic OH excluding ortho intramolecular Hbond substituents is 1. The molecule has 0 heterocycles. The number of nitrogens with one attached hydrogen (secondary N) is 1. The minimum Gasteiger partial charge on any atom is -0.504 e. The van der Waals surface area contributed by atoms with Gasteiger partial charge in [-0.25, -0.2) is 0 Å². The molecule has 5 heteroatoms. The van der Waals surface area contributed by atoms with Gasteiger partial charge >= 0.3 is 0 Å². The SMILES string of the molecule is COc1ccc(CC(CN)C(=O)NC2CC2)cc1O. The lowest BCUT2D eigenvalue weighted by Crippen LogP contribution is -2.37. The standard InChI is InChI=1S/C14H20N2O3/c1-19-13-5-2-9(7-12(13)17)6-10(8-15)14(18)16-11-3-4-11/h2,5,7,10-11,17H,3-4,6,8,15H2,1H3,(H,16,18). The monoisotopic (exact) mass is 264 g/mol. The number of methoxy groups -OCH3 is 1. The third kappa shape index (κ3) is 3.61. The number of nitrogens with two attached hydrogens (primary N) is 1. The molecule has 19 heavy (non-hydrogen) atoms. The van der Waals surface area contributed by atoms with E-state index in [0.717, 1.165) is 18.4 Å². The first-order chi connectivity index (χ1) is 9.13. The molecule has 0 radical (unpaired) electrons. The Balaban J connectivity index is 2.00. The summed E-state index contributed by atoms with van der Waals surface area (Å²) in [7, 11) is 1.50. The Labute approximate surface area is 112 Å². The Bertz CT molecular complexity index is 458. The average Bonchev–Trinajstić information content (AvgIpc) is 3.20. The highest BCUT2D eigenvalue weighted by molar-refractivity contribution is 5.79. The molecule has 0 saturated heterocycles. The molecule has 0 bridgehead atoms. The smallest absolute Gasteiger partial charge is 0.224 e. The molecule has 4 N–H and O–H groups in total. The maximum atomic E-state index is 12.0. The van der Waals surface area contributed by atoms with E-state index in [9.17, 15) is 9.90 Å². The maximum Gasteiger partial charge on any atom is 0.224 e. The van der Waals surface area contributed by atoms with E-state index in [0.29, 0.717) is 24.8 Å². The van der Waals surface area contributed by atoms with E-state index in [4.69, 9.17) is 10.5 Å². The van der Waals surface area contributed by atoms with Crippen molar-refractivity contribution in [3.63, 3.8) is 0 Å². The molecule has 1 aliphatic carbocycles. The Morgan fingerprint density at radius 2 is 2.32 bits per heavy atom. The van der Waals surface area contributed by atoms with Gasteiger partial charge in [-0.1, -0.05) is 6.07 Å². The van der Waals surface area contributed by atoms with Crippen molar-refractivity contribution in [3.8, 4) is 11.5 Å². The van der Waals surface area contributed by atoms with Crippen LogP contribution in [0.15, 0.2) is 18.2 Å². The van der Waals surface area contributed by atoms with Gasteiger partial charge < -0.3 is 20.9 Å². The quantitative estimate of drug-likeness (QED) is 0.709. The van der Waals surface area contributed by atoms with Crippen molar-refractivity contribution >= 4 is 5.91 Å². The van der Waals surface area contributed by atoms with Crippen molar-refractivity contribution in [1.29, 1.82) is 0 Å². The fourth-order valence-corrected chi connectivity index (χ4v) is 1.98. The number of hydrogen-bond donors (Lipinski definition) is 3. The Morgan fingerprint density at radius 3 is 2.84 bits per heavy atom. The van der Waals surface area contributed by atoms with Gasteiger partial charge in [-0.3, -0.25) is 4.79 Å². The number of aromatic hydroxyl groups is 1. The van der Waals surface area contributed by atoms with Gasteiger partial charge in [0.25, 0.3) is 0 Å². The van der Waals surface area contributed by atoms with Gasteiger partial charge in [0.2, 0.25) is 5.91 Å². The van der Waals surface area contributed by atoms with Gasteiger partial charge in [0, 0.05) is 12.6 Å². The number of benzene rings is 1. The van der Waals surface area contributed by atoms with Gasteiger partial charge in [-0.2, -0.15) is 0 Å². The summed E-state index contributed by atoms with van der Waals surface area (Å²) >= 11 is 0. The minimum atomic E-state index is -0.256. The van der Waals surface area contributed by atoms with Crippen molar-refractivity contribution in [2.45, 2.75) is 25.3 Å². The first kappa shape index (κ1) is 13.7.